The van der Waals surface area contributed by atoms with Crippen LogP contribution < -0.4 is 10.2 Å². The van der Waals surface area contributed by atoms with Gasteiger partial charge in [-0.15, -0.1) is 0 Å². The summed E-state index contributed by atoms with van der Waals surface area (Å²) in [5, 5.41) is 10.8. The van der Waals surface area contributed by atoms with E-state index in [9.17, 15) is 4.79 Å². The van der Waals surface area contributed by atoms with Crippen LogP contribution in [0.25, 0.3) is 27.4 Å². The van der Waals surface area contributed by atoms with Crippen LogP contribution in [-0.4, -0.2) is 23.2 Å². The molecular weight excluding hydrogens is 364 g/mol. The number of aromatic nitrogens is 1. The van der Waals surface area contributed by atoms with Crippen molar-refractivity contribution in [2.45, 2.75) is 13.8 Å². The van der Waals surface area contributed by atoms with Gasteiger partial charge < -0.3 is 9.72 Å². The van der Waals surface area contributed by atoms with Crippen LogP contribution in [0.4, 0.5) is 0 Å². The molecule has 0 radical (unpaired) electrons. The van der Waals surface area contributed by atoms with Crippen LogP contribution in [0.1, 0.15) is 32.6 Å². The second-order valence-corrected chi connectivity index (χ2v) is 7.19. The molecule has 0 aliphatic heterocycles. The SMILES string of the molecule is C=C(c1cc(C)c(C)c(OC)c1)c1ccc2[nH]c3ccc(C(=O)NO)cc3c2c1. The molecule has 0 saturated heterocycles. The van der Waals surface area contributed by atoms with Gasteiger partial charge in [-0.25, -0.2) is 5.48 Å². The first-order valence-electron chi connectivity index (χ1n) is 9.27. The topological polar surface area (TPSA) is 74.4 Å². The standard InChI is InChI=1S/C24H22N2O3/c1-13-9-18(12-23(29-4)14(13)2)15(3)16-5-7-21-19(10-16)20-11-17(24(27)26-28)6-8-22(20)25-21/h5-12,25,28H,3H2,1-2,4H3,(H,26,27). The van der Waals surface area contributed by atoms with Gasteiger partial charge >= 0.3 is 0 Å². The van der Waals surface area contributed by atoms with Crippen LogP contribution >= 0.6 is 0 Å². The highest BCUT2D eigenvalue weighted by molar-refractivity contribution is 6.10. The summed E-state index contributed by atoms with van der Waals surface area (Å²) < 4.78 is 5.51. The number of carbonyl (C=O) groups is 1. The molecule has 146 valence electrons. The lowest BCUT2D eigenvalue weighted by Gasteiger charge is -2.13. The average molecular weight is 386 g/mol. The smallest absolute Gasteiger partial charge is 0.274 e. The molecular formula is C24H22N2O3. The molecule has 4 rings (SSSR count). The van der Waals surface area contributed by atoms with Gasteiger partial charge in [0, 0.05) is 27.4 Å². The number of benzene rings is 3. The van der Waals surface area contributed by atoms with Gasteiger partial charge in [0.25, 0.3) is 5.91 Å². The molecule has 3 aromatic carbocycles. The number of methoxy groups -OCH3 is 1. The summed E-state index contributed by atoms with van der Waals surface area (Å²) in [5.41, 5.74) is 9.11. The van der Waals surface area contributed by atoms with E-state index < -0.39 is 5.91 Å². The van der Waals surface area contributed by atoms with Gasteiger partial charge in [0.2, 0.25) is 0 Å². The van der Waals surface area contributed by atoms with Crippen molar-refractivity contribution in [1.82, 2.24) is 10.5 Å². The Bertz CT molecular complexity index is 1280. The van der Waals surface area contributed by atoms with Crippen molar-refractivity contribution in [1.29, 1.82) is 0 Å². The van der Waals surface area contributed by atoms with Crippen LogP contribution in [0.5, 0.6) is 5.75 Å². The van der Waals surface area contributed by atoms with E-state index in [1.807, 2.05) is 31.2 Å². The van der Waals surface area contributed by atoms with Crippen molar-refractivity contribution in [3.63, 3.8) is 0 Å². The molecule has 29 heavy (non-hydrogen) atoms. The van der Waals surface area contributed by atoms with E-state index in [0.717, 1.165) is 55.4 Å². The summed E-state index contributed by atoms with van der Waals surface area (Å²) in [6.45, 7) is 8.41. The highest BCUT2D eigenvalue weighted by Gasteiger charge is 2.13. The van der Waals surface area contributed by atoms with Crippen molar-refractivity contribution >= 4 is 33.3 Å². The first-order chi connectivity index (χ1) is 13.9. The van der Waals surface area contributed by atoms with Gasteiger partial charge in [0.05, 0.1) is 7.11 Å². The number of fused-ring (bicyclic) bond motifs is 3. The predicted octanol–water partition coefficient (Wildman–Crippen LogP) is 5.13. The van der Waals surface area contributed by atoms with Crippen molar-refractivity contribution in [3.8, 4) is 5.75 Å². The third kappa shape index (κ3) is 3.15. The summed E-state index contributed by atoms with van der Waals surface area (Å²) in [6, 6.07) is 15.5. The predicted molar refractivity (Wildman–Crippen MR) is 116 cm³/mol. The first kappa shape index (κ1) is 18.8. The van der Waals surface area contributed by atoms with Crippen molar-refractivity contribution < 1.29 is 14.7 Å². The maximum atomic E-state index is 11.8. The number of hydrogen-bond acceptors (Lipinski definition) is 3. The molecule has 0 aliphatic carbocycles. The Kier molecular flexibility index (Phi) is 4.60. The third-order valence-corrected chi connectivity index (χ3v) is 5.50. The molecule has 0 unspecified atom stereocenters. The van der Waals surface area contributed by atoms with Crippen molar-refractivity contribution in [3.05, 3.63) is 82.9 Å². The first-order valence-corrected chi connectivity index (χ1v) is 9.27. The normalized spacial score (nSPS) is 11.0. The number of carbonyl (C=O) groups excluding carboxylic acids is 1. The van der Waals surface area contributed by atoms with E-state index in [-0.39, 0.29) is 0 Å². The van der Waals surface area contributed by atoms with Crippen LogP contribution in [0.3, 0.4) is 0 Å². The van der Waals surface area contributed by atoms with Gasteiger partial charge in [-0.2, -0.15) is 0 Å². The van der Waals surface area contributed by atoms with Gasteiger partial charge in [-0.3, -0.25) is 10.0 Å². The zero-order chi connectivity index (χ0) is 20.7. The molecule has 4 aromatic rings. The number of amides is 1. The fourth-order valence-corrected chi connectivity index (χ4v) is 3.67. The molecule has 5 heteroatoms. The van der Waals surface area contributed by atoms with Gasteiger partial charge in [0.15, 0.2) is 0 Å². The molecule has 0 aliphatic rings. The Labute approximate surface area is 168 Å². The molecule has 1 aromatic heterocycles. The molecule has 1 amide bonds. The number of nitrogens with one attached hydrogen (secondary N) is 2. The molecule has 0 fully saturated rings. The highest BCUT2D eigenvalue weighted by Crippen LogP contribution is 2.33. The zero-order valence-corrected chi connectivity index (χ0v) is 16.6. The summed E-state index contributed by atoms with van der Waals surface area (Å²) in [6.07, 6.45) is 0. The van der Waals surface area contributed by atoms with E-state index in [1.165, 1.54) is 0 Å². The van der Waals surface area contributed by atoms with Crippen molar-refractivity contribution in [2.75, 3.05) is 7.11 Å². The molecule has 0 bridgehead atoms. The summed E-state index contributed by atoms with van der Waals surface area (Å²) in [7, 11) is 1.67. The largest absolute Gasteiger partial charge is 0.496 e. The maximum absolute atomic E-state index is 11.8. The molecule has 0 saturated carbocycles. The second-order valence-electron chi connectivity index (χ2n) is 7.19. The van der Waals surface area contributed by atoms with E-state index in [1.54, 1.807) is 24.7 Å². The Hall–Kier alpha value is -3.57. The Morgan fingerprint density at radius 1 is 0.966 bits per heavy atom. The Balaban J connectivity index is 1.84. The Morgan fingerprint density at radius 2 is 1.59 bits per heavy atom. The lowest BCUT2D eigenvalue weighted by Crippen LogP contribution is -2.18. The van der Waals surface area contributed by atoms with Crippen LogP contribution in [0.15, 0.2) is 55.1 Å². The highest BCUT2D eigenvalue weighted by atomic mass is 16.5. The monoisotopic (exact) mass is 386 g/mol. The van der Waals surface area contributed by atoms with E-state index in [4.69, 9.17) is 9.94 Å². The summed E-state index contributed by atoms with van der Waals surface area (Å²) >= 11 is 0. The third-order valence-electron chi connectivity index (χ3n) is 5.50. The molecule has 5 nitrogen and oxygen atoms in total. The average Bonchev–Trinajstić information content (AvgIpc) is 3.11. The molecule has 0 atom stereocenters. The molecule has 1 heterocycles. The lowest BCUT2D eigenvalue weighted by molar-refractivity contribution is 0.0706. The minimum absolute atomic E-state index is 0.393. The summed E-state index contributed by atoms with van der Waals surface area (Å²) in [4.78, 5) is 15.2. The fraction of sp³-hybridized carbons (Fsp3) is 0.125. The van der Waals surface area contributed by atoms with Crippen molar-refractivity contribution in [2.24, 2.45) is 0 Å². The Morgan fingerprint density at radius 3 is 2.21 bits per heavy atom. The minimum Gasteiger partial charge on any atom is -0.496 e. The van der Waals surface area contributed by atoms with Crippen LogP contribution in [0.2, 0.25) is 0 Å². The van der Waals surface area contributed by atoms with E-state index in [0.29, 0.717) is 5.56 Å². The van der Waals surface area contributed by atoms with Gasteiger partial charge in [-0.1, -0.05) is 18.7 Å². The number of hydroxylamine groups is 1. The number of aryl methyl sites for hydroxylation is 1. The number of aromatic amines is 1. The molecule has 3 N–H and O–H groups in total. The second kappa shape index (κ2) is 7.11. The number of rotatable bonds is 4. The lowest BCUT2D eigenvalue weighted by atomic mass is 9.94. The van der Waals surface area contributed by atoms with Gasteiger partial charge in [0.1, 0.15) is 5.75 Å². The quantitative estimate of drug-likeness (QED) is 0.336. The minimum atomic E-state index is -0.538. The fourth-order valence-electron chi connectivity index (χ4n) is 3.67. The number of hydrogen-bond donors (Lipinski definition) is 3. The number of H-pyrrole nitrogens is 1. The molecule has 0 spiro atoms. The van der Waals surface area contributed by atoms with Gasteiger partial charge in [-0.05, 0) is 78.1 Å². The van der Waals surface area contributed by atoms with E-state index in [2.05, 4.69) is 30.6 Å². The van der Waals surface area contributed by atoms with Crippen LogP contribution in [-0.2, 0) is 0 Å². The number of ether oxygens (including phenoxy) is 1. The summed E-state index contributed by atoms with van der Waals surface area (Å²) in [5.74, 6) is 0.304. The maximum Gasteiger partial charge on any atom is 0.274 e. The van der Waals surface area contributed by atoms with Crippen LogP contribution in [0, 0.1) is 13.8 Å². The van der Waals surface area contributed by atoms with E-state index >= 15 is 0 Å². The zero-order valence-electron chi connectivity index (χ0n) is 16.6.